The van der Waals surface area contributed by atoms with E-state index >= 15 is 0 Å². The van der Waals surface area contributed by atoms with Crippen molar-refractivity contribution in [2.75, 3.05) is 0 Å². The highest BCUT2D eigenvalue weighted by Crippen LogP contribution is 2.60. The second-order valence-electron chi connectivity index (χ2n) is 5.24. The standard InChI is InChI=1S/C12H18O2/c1-7-5-9-6-10(14-8(2)13)11(7)12(9,3)4/h9-11H,1,5-6H2,2-4H3. The maximum atomic E-state index is 10.9. The first kappa shape index (κ1) is 9.75. The van der Waals surface area contributed by atoms with Crippen LogP contribution in [0.25, 0.3) is 0 Å². The Kier molecular flexibility index (Phi) is 1.98. The molecule has 2 nitrogen and oxygen atoms in total. The van der Waals surface area contributed by atoms with E-state index in [1.165, 1.54) is 12.5 Å². The fourth-order valence-electron chi connectivity index (χ4n) is 3.36. The number of hydrogen-bond donors (Lipinski definition) is 0. The molecule has 0 aliphatic heterocycles. The van der Waals surface area contributed by atoms with Crippen molar-refractivity contribution in [1.29, 1.82) is 0 Å². The largest absolute Gasteiger partial charge is 0.462 e. The molecule has 0 radical (unpaired) electrons. The zero-order chi connectivity index (χ0) is 10.5. The van der Waals surface area contributed by atoms with Gasteiger partial charge in [0.2, 0.25) is 0 Å². The van der Waals surface area contributed by atoms with Crippen LogP contribution in [-0.4, -0.2) is 12.1 Å². The SMILES string of the molecule is C=C1CC2CC(OC(C)=O)C1C2(C)C. The maximum Gasteiger partial charge on any atom is 0.302 e. The van der Waals surface area contributed by atoms with Crippen molar-refractivity contribution in [3.63, 3.8) is 0 Å². The van der Waals surface area contributed by atoms with Gasteiger partial charge >= 0.3 is 5.97 Å². The molecule has 2 saturated carbocycles. The van der Waals surface area contributed by atoms with Crippen molar-refractivity contribution in [3.8, 4) is 0 Å². The number of ether oxygens (including phenoxy) is 1. The molecular weight excluding hydrogens is 176 g/mol. The van der Waals surface area contributed by atoms with E-state index in [0.29, 0.717) is 11.8 Å². The molecule has 0 aromatic heterocycles. The van der Waals surface area contributed by atoms with Gasteiger partial charge in [0.25, 0.3) is 0 Å². The minimum absolute atomic E-state index is 0.0914. The van der Waals surface area contributed by atoms with Gasteiger partial charge in [0.1, 0.15) is 6.10 Å². The highest BCUT2D eigenvalue weighted by molar-refractivity contribution is 5.66. The second kappa shape index (κ2) is 2.85. The van der Waals surface area contributed by atoms with Crippen LogP contribution >= 0.6 is 0 Å². The van der Waals surface area contributed by atoms with Crippen LogP contribution in [0.15, 0.2) is 12.2 Å². The van der Waals surface area contributed by atoms with Gasteiger partial charge in [0.15, 0.2) is 0 Å². The Morgan fingerprint density at radius 3 is 2.64 bits per heavy atom. The van der Waals surface area contributed by atoms with E-state index in [0.717, 1.165) is 12.8 Å². The number of hydrogen-bond acceptors (Lipinski definition) is 2. The summed E-state index contributed by atoms with van der Waals surface area (Å²) in [6.45, 7) is 10.1. The van der Waals surface area contributed by atoms with Crippen LogP contribution < -0.4 is 0 Å². The van der Waals surface area contributed by atoms with Crippen molar-refractivity contribution in [2.45, 2.75) is 39.7 Å². The Balaban J connectivity index is 2.20. The Bertz CT molecular complexity index is 291. The van der Waals surface area contributed by atoms with Crippen molar-refractivity contribution >= 4 is 5.97 Å². The zero-order valence-corrected chi connectivity index (χ0v) is 9.17. The first-order valence-corrected chi connectivity index (χ1v) is 5.28. The maximum absolute atomic E-state index is 10.9. The van der Waals surface area contributed by atoms with Crippen LogP contribution in [0, 0.1) is 17.3 Å². The van der Waals surface area contributed by atoms with Gasteiger partial charge in [-0.05, 0) is 24.2 Å². The molecule has 2 heteroatoms. The second-order valence-corrected chi connectivity index (χ2v) is 5.24. The van der Waals surface area contributed by atoms with Crippen LogP contribution in [-0.2, 0) is 9.53 Å². The van der Waals surface area contributed by atoms with Gasteiger partial charge in [0, 0.05) is 12.8 Å². The van der Waals surface area contributed by atoms with Crippen molar-refractivity contribution in [3.05, 3.63) is 12.2 Å². The van der Waals surface area contributed by atoms with Crippen molar-refractivity contribution in [1.82, 2.24) is 0 Å². The smallest absolute Gasteiger partial charge is 0.302 e. The third kappa shape index (κ3) is 1.20. The molecule has 2 fully saturated rings. The van der Waals surface area contributed by atoms with Gasteiger partial charge < -0.3 is 4.74 Å². The van der Waals surface area contributed by atoms with Gasteiger partial charge in [-0.1, -0.05) is 26.0 Å². The monoisotopic (exact) mass is 194 g/mol. The lowest BCUT2D eigenvalue weighted by Crippen LogP contribution is -2.27. The Labute approximate surface area is 85.3 Å². The zero-order valence-electron chi connectivity index (χ0n) is 9.17. The van der Waals surface area contributed by atoms with Gasteiger partial charge in [0.05, 0.1) is 0 Å². The topological polar surface area (TPSA) is 26.3 Å². The third-order valence-electron chi connectivity index (χ3n) is 4.01. The lowest BCUT2D eigenvalue weighted by Gasteiger charge is -2.27. The van der Waals surface area contributed by atoms with Crippen LogP contribution in [0.3, 0.4) is 0 Å². The van der Waals surface area contributed by atoms with E-state index in [1.54, 1.807) is 0 Å². The lowest BCUT2D eigenvalue weighted by atomic mass is 9.81. The molecule has 2 aliphatic rings. The lowest BCUT2D eigenvalue weighted by molar-refractivity contribution is -0.148. The average Bonchev–Trinajstić information content (AvgIpc) is 2.33. The Morgan fingerprint density at radius 2 is 2.21 bits per heavy atom. The Morgan fingerprint density at radius 1 is 1.57 bits per heavy atom. The molecule has 0 heterocycles. The van der Waals surface area contributed by atoms with Crippen LogP contribution in [0.5, 0.6) is 0 Å². The summed E-state index contributed by atoms with van der Waals surface area (Å²) < 4.78 is 5.35. The highest BCUT2D eigenvalue weighted by atomic mass is 16.5. The summed E-state index contributed by atoms with van der Waals surface area (Å²) in [5.74, 6) is 0.881. The first-order valence-electron chi connectivity index (χ1n) is 5.28. The molecule has 0 saturated heterocycles. The van der Waals surface area contributed by atoms with Crippen molar-refractivity contribution < 1.29 is 9.53 Å². The fraction of sp³-hybridized carbons (Fsp3) is 0.750. The Hall–Kier alpha value is -0.790. The molecule has 0 aromatic rings. The normalized spacial score (nSPS) is 38.8. The molecule has 78 valence electrons. The van der Waals surface area contributed by atoms with Gasteiger partial charge in [-0.2, -0.15) is 0 Å². The minimum atomic E-state index is -0.161. The number of carbonyl (C=O) groups excluding carboxylic acids is 1. The van der Waals surface area contributed by atoms with Crippen LogP contribution in [0.4, 0.5) is 0 Å². The molecule has 2 rings (SSSR count). The van der Waals surface area contributed by atoms with E-state index in [2.05, 4.69) is 20.4 Å². The third-order valence-corrected chi connectivity index (χ3v) is 4.01. The highest BCUT2D eigenvalue weighted by Gasteiger charge is 2.56. The predicted octanol–water partition coefficient (Wildman–Crippen LogP) is 2.54. The molecule has 14 heavy (non-hydrogen) atoms. The molecule has 3 atom stereocenters. The summed E-state index contributed by atoms with van der Waals surface area (Å²) in [5, 5.41) is 0. The van der Waals surface area contributed by atoms with E-state index in [-0.39, 0.29) is 17.5 Å². The number of carbonyl (C=O) groups is 1. The molecular formula is C12H18O2. The van der Waals surface area contributed by atoms with E-state index in [9.17, 15) is 4.79 Å². The first-order chi connectivity index (χ1) is 6.43. The summed E-state index contributed by atoms with van der Waals surface area (Å²) in [7, 11) is 0. The van der Waals surface area contributed by atoms with Crippen LogP contribution in [0.1, 0.15) is 33.6 Å². The van der Waals surface area contributed by atoms with E-state index in [1.807, 2.05) is 0 Å². The number of rotatable bonds is 1. The molecule has 0 amide bonds. The molecule has 2 aliphatic carbocycles. The fourth-order valence-corrected chi connectivity index (χ4v) is 3.36. The summed E-state index contributed by atoms with van der Waals surface area (Å²) in [4.78, 5) is 10.9. The molecule has 3 unspecified atom stereocenters. The predicted molar refractivity (Wildman–Crippen MR) is 54.7 cm³/mol. The van der Waals surface area contributed by atoms with Gasteiger partial charge in [-0.15, -0.1) is 0 Å². The van der Waals surface area contributed by atoms with Gasteiger partial charge in [-0.25, -0.2) is 0 Å². The summed E-state index contributed by atoms with van der Waals surface area (Å²) in [5.41, 5.74) is 1.55. The van der Waals surface area contributed by atoms with E-state index < -0.39 is 0 Å². The molecule has 0 aromatic carbocycles. The summed E-state index contributed by atoms with van der Waals surface area (Å²) >= 11 is 0. The molecule has 0 N–H and O–H groups in total. The summed E-state index contributed by atoms with van der Waals surface area (Å²) in [6.07, 6.45) is 2.24. The molecule has 2 bridgehead atoms. The average molecular weight is 194 g/mol. The molecule has 0 spiro atoms. The minimum Gasteiger partial charge on any atom is -0.462 e. The summed E-state index contributed by atoms with van der Waals surface area (Å²) in [6, 6.07) is 0. The quantitative estimate of drug-likeness (QED) is 0.473. The number of esters is 1. The van der Waals surface area contributed by atoms with Gasteiger partial charge in [-0.3, -0.25) is 4.79 Å². The van der Waals surface area contributed by atoms with E-state index in [4.69, 9.17) is 4.74 Å². The van der Waals surface area contributed by atoms with Crippen LogP contribution in [0.2, 0.25) is 0 Å². The van der Waals surface area contributed by atoms with Crippen molar-refractivity contribution in [2.24, 2.45) is 17.3 Å². The number of fused-ring (bicyclic) bond motifs is 2.